The fraction of sp³-hybridized carbons (Fsp3) is 0.500. The highest BCUT2D eigenvalue weighted by atomic mass is 16.5. The Balaban J connectivity index is 2.22. The first kappa shape index (κ1) is 13.7. The van der Waals surface area contributed by atoms with E-state index >= 15 is 0 Å². The molecule has 1 aromatic rings. The van der Waals surface area contributed by atoms with E-state index in [0.29, 0.717) is 23.1 Å². The molecule has 0 saturated carbocycles. The van der Waals surface area contributed by atoms with Crippen LogP contribution in [-0.4, -0.2) is 50.7 Å². The zero-order valence-electron chi connectivity index (χ0n) is 11.6. The van der Waals surface area contributed by atoms with Crippen LogP contribution in [0.15, 0.2) is 18.2 Å². The quantitative estimate of drug-likeness (QED) is 0.889. The third kappa shape index (κ3) is 3.17. The summed E-state index contributed by atoms with van der Waals surface area (Å²) in [5.41, 5.74) is 0.602. The number of methoxy groups -OCH3 is 2. The molecule has 1 N–H and O–H groups in total. The SMILES string of the molecule is COc1cc(OC)cc(C(=O)N2CCNC(C)C2)c1. The molecule has 1 fully saturated rings. The Morgan fingerprint density at radius 1 is 1.26 bits per heavy atom. The van der Waals surface area contributed by atoms with Gasteiger partial charge in [0.2, 0.25) is 0 Å². The number of rotatable bonds is 3. The molecule has 1 aliphatic rings. The van der Waals surface area contributed by atoms with Crippen LogP contribution in [0.5, 0.6) is 11.5 Å². The van der Waals surface area contributed by atoms with Gasteiger partial charge in [-0.2, -0.15) is 0 Å². The van der Waals surface area contributed by atoms with Gasteiger partial charge in [0.05, 0.1) is 14.2 Å². The van der Waals surface area contributed by atoms with Crippen molar-refractivity contribution in [3.05, 3.63) is 23.8 Å². The van der Waals surface area contributed by atoms with Crippen LogP contribution < -0.4 is 14.8 Å². The molecule has 19 heavy (non-hydrogen) atoms. The summed E-state index contributed by atoms with van der Waals surface area (Å²) in [5.74, 6) is 1.28. The Bertz CT molecular complexity index is 440. The molecule has 1 unspecified atom stereocenters. The molecule has 0 bridgehead atoms. The number of carbonyl (C=O) groups is 1. The first-order valence-electron chi connectivity index (χ1n) is 6.39. The Hall–Kier alpha value is -1.75. The van der Waals surface area contributed by atoms with E-state index in [4.69, 9.17) is 9.47 Å². The van der Waals surface area contributed by atoms with Gasteiger partial charge < -0.3 is 19.7 Å². The first-order chi connectivity index (χ1) is 9.13. The molecule has 5 nitrogen and oxygen atoms in total. The van der Waals surface area contributed by atoms with Crippen molar-refractivity contribution < 1.29 is 14.3 Å². The minimum Gasteiger partial charge on any atom is -0.497 e. The number of carbonyl (C=O) groups excluding carboxylic acids is 1. The zero-order valence-corrected chi connectivity index (χ0v) is 11.6. The largest absolute Gasteiger partial charge is 0.497 e. The van der Waals surface area contributed by atoms with Crippen LogP contribution in [0.25, 0.3) is 0 Å². The van der Waals surface area contributed by atoms with Gasteiger partial charge in [-0.15, -0.1) is 0 Å². The second-order valence-electron chi connectivity index (χ2n) is 4.71. The minimum atomic E-state index is 0.0190. The van der Waals surface area contributed by atoms with Crippen LogP contribution in [0, 0.1) is 0 Å². The molecule has 2 rings (SSSR count). The second kappa shape index (κ2) is 5.93. The lowest BCUT2D eigenvalue weighted by Gasteiger charge is -2.32. The molecule has 1 amide bonds. The van der Waals surface area contributed by atoms with Gasteiger partial charge in [-0.05, 0) is 19.1 Å². The molecule has 1 aromatic carbocycles. The summed E-state index contributed by atoms with van der Waals surface area (Å²) in [4.78, 5) is 14.3. The van der Waals surface area contributed by atoms with Gasteiger partial charge in [0.15, 0.2) is 0 Å². The summed E-state index contributed by atoms with van der Waals surface area (Å²) in [6.45, 7) is 4.35. The number of amides is 1. The van der Waals surface area contributed by atoms with Crippen LogP contribution in [0.2, 0.25) is 0 Å². The molecule has 1 atom stereocenters. The van der Waals surface area contributed by atoms with E-state index in [1.165, 1.54) is 0 Å². The summed E-state index contributed by atoms with van der Waals surface area (Å²) in [5, 5.41) is 3.32. The predicted molar refractivity (Wildman–Crippen MR) is 72.9 cm³/mol. The molecule has 104 valence electrons. The minimum absolute atomic E-state index is 0.0190. The number of hydrogen-bond acceptors (Lipinski definition) is 4. The van der Waals surface area contributed by atoms with Gasteiger partial charge in [-0.1, -0.05) is 0 Å². The lowest BCUT2D eigenvalue weighted by Crippen LogP contribution is -2.51. The van der Waals surface area contributed by atoms with Crippen LogP contribution in [0.3, 0.4) is 0 Å². The normalized spacial score (nSPS) is 19.1. The average Bonchev–Trinajstić information content (AvgIpc) is 2.45. The lowest BCUT2D eigenvalue weighted by molar-refractivity contribution is 0.0708. The van der Waals surface area contributed by atoms with Gasteiger partial charge in [-0.3, -0.25) is 4.79 Å². The monoisotopic (exact) mass is 264 g/mol. The fourth-order valence-electron chi connectivity index (χ4n) is 2.23. The molecule has 1 saturated heterocycles. The molecule has 5 heteroatoms. The highest BCUT2D eigenvalue weighted by Crippen LogP contribution is 2.23. The molecule has 1 aliphatic heterocycles. The van der Waals surface area contributed by atoms with Crippen LogP contribution in [0.4, 0.5) is 0 Å². The first-order valence-corrected chi connectivity index (χ1v) is 6.39. The number of ether oxygens (including phenoxy) is 2. The van der Waals surface area contributed by atoms with E-state index < -0.39 is 0 Å². The van der Waals surface area contributed by atoms with Crippen molar-refractivity contribution in [1.82, 2.24) is 10.2 Å². The number of benzene rings is 1. The molecular weight excluding hydrogens is 244 g/mol. The van der Waals surface area contributed by atoms with Crippen molar-refractivity contribution in [2.45, 2.75) is 13.0 Å². The smallest absolute Gasteiger partial charge is 0.254 e. The highest BCUT2D eigenvalue weighted by molar-refractivity contribution is 5.95. The van der Waals surface area contributed by atoms with Crippen molar-refractivity contribution in [3.8, 4) is 11.5 Å². The molecule has 1 heterocycles. The average molecular weight is 264 g/mol. The number of hydrogen-bond donors (Lipinski definition) is 1. The van der Waals surface area contributed by atoms with Crippen molar-refractivity contribution in [2.75, 3.05) is 33.9 Å². The summed E-state index contributed by atoms with van der Waals surface area (Å²) in [7, 11) is 3.16. The van der Waals surface area contributed by atoms with Crippen molar-refractivity contribution in [1.29, 1.82) is 0 Å². The van der Waals surface area contributed by atoms with Crippen LogP contribution >= 0.6 is 0 Å². The Kier molecular flexibility index (Phi) is 4.27. The van der Waals surface area contributed by atoms with E-state index in [0.717, 1.165) is 19.6 Å². The van der Waals surface area contributed by atoms with Gasteiger partial charge >= 0.3 is 0 Å². The molecule has 0 radical (unpaired) electrons. The maximum atomic E-state index is 12.5. The van der Waals surface area contributed by atoms with Crippen LogP contribution in [0.1, 0.15) is 17.3 Å². The van der Waals surface area contributed by atoms with E-state index in [-0.39, 0.29) is 5.91 Å². The third-order valence-corrected chi connectivity index (χ3v) is 3.25. The maximum absolute atomic E-state index is 12.5. The molecular formula is C14H20N2O3. The number of nitrogens with one attached hydrogen (secondary N) is 1. The standard InChI is InChI=1S/C14H20N2O3/c1-10-9-16(5-4-15-10)14(17)11-6-12(18-2)8-13(7-11)19-3/h6-8,10,15H,4-5,9H2,1-3H3. The van der Waals surface area contributed by atoms with E-state index in [1.54, 1.807) is 32.4 Å². The second-order valence-corrected chi connectivity index (χ2v) is 4.71. The van der Waals surface area contributed by atoms with Gasteiger partial charge in [0.25, 0.3) is 5.91 Å². The third-order valence-electron chi connectivity index (χ3n) is 3.25. The molecule has 0 aromatic heterocycles. The summed E-state index contributed by atoms with van der Waals surface area (Å²) >= 11 is 0. The van der Waals surface area contributed by atoms with Crippen molar-refractivity contribution >= 4 is 5.91 Å². The fourth-order valence-corrected chi connectivity index (χ4v) is 2.23. The summed E-state index contributed by atoms with van der Waals surface area (Å²) in [6, 6.07) is 5.58. The van der Waals surface area contributed by atoms with E-state index in [9.17, 15) is 4.79 Å². The number of nitrogens with zero attached hydrogens (tertiary/aromatic N) is 1. The Morgan fingerprint density at radius 3 is 2.42 bits per heavy atom. The van der Waals surface area contributed by atoms with E-state index in [2.05, 4.69) is 12.2 Å². The van der Waals surface area contributed by atoms with Crippen molar-refractivity contribution in [2.24, 2.45) is 0 Å². The topological polar surface area (TPSA) is 50.8 Å². The molecule has 0 aliphatic carbocycles. The molecule has 0 spiro atoms. The van der Waals surface area contributed by atoms with Gasteiger partial charge in [-0.25, -0.2) is 0 Å². The maximum Gasteiger partial charge on any atom is 0.254 e. The van der Waals surface area contributed by atoms with Gasteiger partial charge in [0, 0.05) is 37.3 Å². The number of piperazine rings is 1. The zero-order chi connectivity index (χ0) is 13.8. The lowest BCUT2D eigenvalue weighted by atomic mass is 10.1. The Labute approximate surface area is 113 Å². The summed E-state index contributed by atoms with van der Waals surface area (Å²) in [6.07, 6.45) is 0. The van der Waals surface area contributed by atoms with Gasteiger partial charge in [0.1, 0.15) is 11.5 Å². The predicted octanol–water partition coefficient (Wildman–Crippen LogP) is 1.14. The summed E-state index contributed by atoms with van der Waals surface area (Å²) < 4.78 is 10.4. The van der Waals surface area contributed by atoms with E-state index in [1.807, 2.05) is 4.90 Å². The van der Waals surface area contributed by atoms with Crippen molar-refractivity contribution in [3.63, 3.8) is 0 Å². The Morgan fingerprint density at radius 2 is 1.89 bits per heavy atom. The highest BCUT2D eigenvalue weighted by Gasteiger charge is 2.22. The van der Waals surface area contributed by atoms with Crippen LogP contribution in [-0.2, 0) is 0 Å².